The Morgan fingerprint density at radius 3 is 2.69 bits per heavy atom. The van der Waals surface area contributed by atoms with Crippen molar-refractivity contribution in [3.63, 3.8) is 0 Å². The van der Waals surface area contributed by atoms with Crippen molar-refractivity contribution in [1.82, 2.24) is 10.1 Å². The second-order valence-corrected chi connectivity index (χ2v) is 7.37. The van der Waals surface area contributed by atoms with Crippen molar-refractivity contribution in [2.24, 2.45) is 0 Å². The van der Waals surface area contributed by atoms with Crippen molar-refractivity contribution in [1.29, 1.82) is 0 Å². The van der Waals surface area contributed by atoms with E-state index >= 15 is 0 Å². The van der Waals surface area contributed by atoms with Crippen LogP contribution in [0.25, 0.3) is 0 Å². The van der Waals surface area contributed by atoms with Crippen LogP contribution in [0.1, 0.15) is 39.0 Å². The molecule has 0 bridgehead atoms. The van der Waals surface area contributed by atoms with E-state index in [0.29, 0.717) is 12.4 Å². The molecule has 0 fully saturated rings. The van der Waals surface area contributed by atoms with Crippen molar-refractivity contribution in [2.45, 2.75) is 39.7 Å². The first-order valence-electron chi connectivity index (χ1n) is 8.73. The van der Waals surface area contributed by atoms with Gasteiger partial charge in [0.25, 0.3) is 0 Å². The second-order valence-electron chi connectivity index (χ2n) is 7.37. The van der Waals surface area contributed by atoms with Crippen molar-refractivity contribution in [3.8, 4) is 11.5 Å². The Labute approximate surface area is 153 Å². The van der Waals surface area contributed by atoms with E-state index in [1.165, 1.54) is 0 Å². The number of anilines is 1. The SMILES string of the molecule is CCN(CC(=O)Nc1cc(C(C)(C)C)no1)Cc1ccc2c(c1)OCO2. The van der Waals surface area contributed by atoms with Crippen molar-refractivity contribution in [3.05, 3.63) is 35.5 Å². The van der Waals surface area contributed by atoms with Gasteiger partial charge in [-0.2, -0.15) is 0 Å². The molecule has 1 N–H and O–H groups in total. The van der Waals surface area contributed by atoms with Crippen LogP contribution in [0.4, 0.5) is 5.88 Å². The number of carbonyl (C=O) groups excluding carboxylic acids is 1. The molecule has 7 nitrogen and oxygen atoms in total. The number of ether oxygens (including phenoxy) is 2. The molecule has 0 atom stereocenters. The zero-order chi connectivity index (χ0) is 18.7. The number of amides is 1. The van der Waals surface area contributed by atoms with Gasteiger partial charge >= 0.3 is 0 Å². The van der Waals surface area contributed by atoms with Crippen LogP contribution in [-0.2, 0) is 16.8 Å². The number of benzene rings is 1. The van der Waals surface area contributed by atoms with Crippen LogP contribution in [0.5, 0.6) is 11.5 Å². The van der Waals surface area contributed by atoms with Crippen LogP contribution in [0.15, 0.2) is 28.8 Å². The van der Waals surface area contributed by atoms with Crippen molar-refractivity contribution < 1.29 is 18.8 Å². The highest BCUT2D eigenvalue weighted by molar-refractivity contribution is 5.91. The quantitative estimate of drug-likeness (QED) is 0.854. The Kier molecular flexibility index (Phi) is 5.18. The van der Waals surface area contributed by atoms with Gasteiger partial charge in [-0.3, -0.25) is 15.0 Å². The standard InChI is InChI=1S/C19H25N3O4/c1-5-22(10-13-6-7-14-15(8-13)25-12-24-14)11-17(23)20-18-9-16(21-26-18)19(2,3)4/h6-9H,5,10-12H2,1-4H3,(H,20,23). The fourth-order valence-corrected chi connectivity index (χ4v) is 2.64. The molecule has 0 unspecified atom stereocenters. The summed E-state index contributed by atoms with van der Waals surface area (Å²) in [6.07, 6.45) is 0. The van der Waals surface area contributed by atoms with Crippen LogP contribution in [0.3, 0.4) is 0 Å². The topological polar surface area (TPSA) is 76.8 Å². The maximum absolute atomic E-state index is 12.3. The minimum absolute atomic E-state index is 0.124. The predicted octanol–water partition coefficient (Wildman–Crippen LogP) is 3.16. The number of fused-ring (bicyclic) bond motifs is 1. The highest BCUT2D eigenvalue weighted by Gasteiger charge is 2.20. The summed E-state index contributed by atoms with van der Waals surface area (Å²) >= 11 is 0. The largest absolute Gasteiger partial charge is 0.454 e. The molecule has 26 heavy (non-hydrogen) atoms. The molecule has 2 heterocycles. The van der Waals surface area contributed by atoms with E-state index < -0.39 is 0 Å². The third-order valence-electron chi connectivity index (χ3n) is 4.20. The Hall–Kier alpha value is -2.54. The van der Waals surface area contributed by atoms with E-state index in [-0.39, 0.29) is 24.7 Å². The van der Waals surface area contributed by atoms with Gasteiger partial charge in [-0.05, 0) is 24.2 Å². The molecule has 0 spiro atoms. The Morgan fingerprint density at radius 2 is 2.00 bits per heavy atom. The summed E-state index contributed by atoms with van der Waals surface area (Å²) in [4.78, 5) is 14.4. The lowest BCUT2D eigenvalue weighted by Crippen LogP contribution is -2.32. The molecule has 3 rings (SSSR count). The number of nitrogens with zero attached hydrogens (tertiary/aromatic N) is 2. The summed E-state index contributed by atoms with van der Waals surface area (Å²) < 4.78 is 15.9. The smallest absolute Gasteiger partial charge is 0.240 e. The third-order valence-corrected chi connectivity index (χ3v) is 4.20. The molecule has 0 saturated heterocycles. The average molecular weight is 359 g/mol. The van der Waals surface area contributed by atoms with E-state index in [1.54, 1.807) is 6.07 Å². The monoisotopic (exact) mass is 359 g/mol. The van der Waals surface area contributed by atoms with Crippen LogP contribution in [0.2, 0.25) is 0 Å². The molecule has 1 aromatic heterocycles. The van der Waals surface area contributed by atoms with Gasteiger partial charge in [0.15, 0.2) is 11.5 Å². The van der Waals surface area contributed by atoms with Crippen LogP contribution >= 0.6 is 0 Å². The normalized spacial score (nSPS) is 13.3. The lowest BCUT2D eigenvalue weighted by Gasteiger charge is -2.19. The maximum Gasteiger partial charge on any atom is 0.240 e. The Morgan fingerprint density at radius 1 is 1.23 bits per heavy atom. The van der Waals surface area contributed by atoms with Gasteiger partial charge in [-0.15, -0.1) is 0 Å². The van der Waals surface area contributed by atoms with Crippen molar-refractivity contribution >= 4 is 11.8 Å². The number of hydrogen-bond donors (Lipinski definition) is 1. The summed E-state index contributed by atoms with van der Waals surface area (Å²) in [6, 6.07) is 7.61. The van der Waals surface area contributed by atoms with Crippen molar-refractivity contribution in [2.75, 3.05) is 25.2 Å². The summed E-state index contributed by atoms with van der Waals surface area (Å²) in [5, 5.41) is 6.78. The summed E-state index contributed by atoms with van der Waals surface area (Å²) in [5.74, 6) is 1.75. The van der Waals surface area contributed by atoms with Gasteiger partial charge in [0.1, 0.15) is 0 Å². The lowest BCUT2D eigenvalue weighted by molar-refractivity contribution is -0.117. The van der Waals surface area contributed by atoms with Gasteiger partial charge in [-0.1, -0.05) is 38.9 Å². The minimum Gasteiger partial charge on any atom is -0.454 e. The Bertz CT molecular complexity index is 779. The first-order chi connectivity index (χ1) is 12.3. The minimum atomic E-state index is -0.135. The molecule has 0 saturated carbocycles. The molecule has 140 valence electrons. The van der Waals surface area contributed by atoms with Crippen LogP contribution in [0, 0.1) is 0 Å². The van der Waals surface area contributed by atoms with Gasteiger partial charge in [0.05, 0.1) is 12.2 Å². The highest BCUT2D eigenvalue weighted by Crippen LogP contribution is 2.32. The number of carbonyl (C=O) groups is 1. The molecule has 1 amide bonds. The fourth-order valence-electron chi connectivity index (χ4n) is 2.64. The van der Waals surface area contributed by atoms with E-state index in [4.69, 9.17) is 14.0 Å². The molecule has 7 heteroatoms. The second kappa shape index (κ2) is 7.37. The fraction of sp³-hybridized carbons (Fsp3) is 0.474. The van der Waals surface area contributed by atoms with E-state index in [2.05, 4.69) is 10.5 Å². The van der Waals surface area contributed by atoms with E-state index in [9.17, 15) is 4.79 Å². The van der Waals surface area contributed by atoms with Gasteiger partial charge in [0.2, 0.25) is 18.6 Å². The summed E-state index contributed by atoms with van der Waals surface area (Å²) in [6.45, 7) is 10.0. The predicted molar refractivity (Wildman–Crippen MR) is 97.3 cm³/mol. The first kappa shape index (κ1) is 18.3. The molecule has 1 aliphatic rings. The molecule has 1 aliphatic heterocycles. The van der Waals surface area contributed by atoms with Gasteiger partial charge in [0, 0.05) is 18.0 Å². The third kappa shape index (κ3) is 4.35. The van der Waals surface area contributed by atoms with Gasteiger partial charge < -0.3 is 14.0 Å². The summed E-state index contributed by atoms with van der Waals surface area (Å²) in [7, 11) is 0. The molecular formula is C19H25N3O4. The maximum atomic E-state index is 12.3. The zero-order valence-corrected chi connectivity index (χ0v) is 15.7. The highest BCUT2D eigenvalue weighted by atomic mass is 16.7. The molecule has 0 aliphatic carbocycles. The number of rotatable bonds is 6. The molecule has 2 aromatic rings. The molecular weight excluding hydrogens is 334 g/mol. The number of aromatic nitrogens is 1. The number of likely N-dealkylation sites (N-methyl/N-ethyl adjacent to an activating group) is 1. The number of hydrogen-bond acceptors (Lipinski definition) is 6. The van der Waals surface area contributed by atoms with Crippen LogP contribution < -0.4 is 14.8 Å². The Balaban J connectivity index is 1.57. The lowest BCUT2D eigenvalue weighted by atomic mass is 9.92. The first-order valence-corrected chi connectivity index (χ1v) is 8.73. The molecule has 0 radical (unpaired) electrons. The van der Waals surface area contributed by atoms with E-state index in [0.717, 1.165) is 29.3 Å². The van der Waals surface area contributed by atoms with Gasteiger partial charge in [-0.25, -0.2) is 0 Å². The zero-order valence-electron chi connectivity index (χ0n) is 15.7. The summed E-state index contributed by atoms with van der Waals surface area (Å²) in [5.41, 5.74) is 1.75. The number of nitrogens with one attached hydrogen (secondary N) is 1. The van der Waals surface area contributed by atoms with E-state index in [1.807, 2.05) is 50.8 Å². The average Bonchev–Trinajstić information content (AvgIpc) is 3.22. The molecule has 1 aromatic carbocycles. The van der Waals surface area contributed by atoms with Crippen LogP contribution in [-0.4, -0.2) is 35.8 Å².